The number of carbonyl (C=O) groups excluding carboxylic acids is 1. The van der Waals surface area contributed by atoms with Gasteiger partial charge in [-0.15, -0.1) is 0 Å². The number of benzene rings is 1. The molecule has 0 saturated carbocycles. The summed E-state index contributed by atoms with van der Waals surface area (Å²) in [5.74, 6) is 1.64. The standard InChI is InChI=1S/C22H27ClN6O2/c1-3-20-25-17-5-4-8-24-21(17)29(20)14-11-27-9-12-28(13-10-27)22(30)26-18-15-16(23)6-7-19(18)31-2/h4-8,15H,3,9-14H2,1-2H3,(H,26,30). The first-order valence-corrected chi connectivity index (χ1v) is 10.9. The number of aryl methyl sites for hydroxylation is 1. The lowest BCUT2D eigenvalue weighted by Crippen LogP contribution is -2.50. The molecule has 3 heterocycles. The number of nitrogens with zero attached hydrogens (tertiary/aromatic N) is 5. The number of halogens is 1. The number of piperazine rings is 1. The molecule has 0 radical (unpaired) electrons. The normalized spacial score (nSPS) is 14.7. The summed E-state index contributed by atoms with van der Waals surface area (Å²) in [5.41, 5.74) is 2.46. The number of hydrogen-bond acceptors (Lipinski definition) is 5. The topological polar surface area (TPSA) is 75.5 Å². The smallest absolute Gasteiger partial charge is 0.322 e. The lowest BCUT2D eigenvalue weighted by Gasteiger charge is -2.34. The van der Waals surface area contributed by atoms with E-state index in [4.69, 9.17) is 21.3 Å². The van der Waals surface area contributed by atoms with Gasteiger partial charge >= 0.3 is 6.03 Å². The third kappa shape index (κ3) is 4.75. The predicted octanol–water partition coefficient (Wildman–Crippen LogP) is 3.51. The molecule has 4 rings (SSSR count). The first-order chi connectivity index (χ1) is 15.1. The molecule has 164 valence electrons. The summed E-state index contributed by atoms with van der Waals surface area (Å²) in [7, 11) is 1.57. The van der Waals surface area contributed by atoms with Gasteiger partial charge in [0.2, 0.25) is 0 Å². The number of imidazole rings is 1. The van der Waals surface area contributed by atoms with Crippen LogP contribution in [0.4, 0.5) is 10.5 Å². The Morgan fingerprint density at radius 2 is 2.00 bits per heavy atom. The molecule has 0 spiro atoms. The molecule has 1 aliphatic heterocycles. The Morgan fingerprint density at radius 3 is 2.74 bits per heavy atom. The second-order valence-corrected chi connectivity index (χ2v) is 7.92. The number of fused-ring (bicyclic) bond motifs is 1. The van der Waals surface area contributed by atoms with E-state index >= 15 is 0 Å². The maximum atomic E-state index is 12.7. The molecule has 1 N–H and O–H groups in total. The number of aromatic nitrogens is 3. The average molecular weight is 443 g/mol. The van der Waals surface area contributed by atoms with Crippen LogP contribution in [0.15, 0.2) is 36.5 Å². The predicted molar refractivity (Wildman–Crippen MR) is 122 cm³/mol. The molecule has 0 atom stereocenters. The number of pyridine rings is 1. The highest BCUT2D eigenvalue weighted by Gasteiger charge is 2.22. The van der Waals surface area contributed by atoms with Gasteiger partial charge in [-0.2, -0.15) is 0 Å². The van der Waals surface area contributed by atoms with Crippen LogP contribution in [-0.4, -0.2) is 70.2 Å². The Bertz CT molecular complexity index is 1060. The highest BCUT2D eigenvalue weighted by Crippen LogP contribution is 2.28. The Balaban J connectivity index is 1.32. The van der Waals surface area contributed by atoms with Crippen LogP contribution in [0.5, 0.6) is 5.75 Å². The van der Waals surface area contributed by atoms with Crippen LogP contribution in [0, 0.1) is 0 Å². The summed E-state index contributed by atoms with van der Waals surface area (Å²) in [5, 5.41) is 3.46. The molecule has 0 aliphatic carbocycles. The minimum absolute atomic E-state index is 0.140. The van der Waals surface area contributed by atoms with Gasteiger partial charge in [0.05, 0.1) is 12.8 Å². The lowest BCUT2D eigenvalue weighted by molar-refractivity contribution is 0.144. The Morgan fingerprint density at radius 1 is 1.19 bits per heavy atom. The van der Waals surface area contributed by atoms with E-state index in [1.165, 1.54) is 0 Å². The summed E-state index contributed by atoms with van der Waals surface area (Å²) >= 11 is 6.06. The summed E-state index contributed by atoms with van der Waals surface area (Å²) in [6.45, 7) is 6.82. The molecule has 0 bridgehead atoms. The van der Waals surface area contributed by atoms with E-state index in [0.717, 1.165) is 49.6 Å². The zero-order valence-electron chi connectivity index (χ0n) is 17.8. The van der Waals surface area contributed by atoms with Crippen molar-refractivity contribution in [2.45, 2.75) is 19.9 Å². The van der Waals surface area contributed by atoms with Gasteiger partial charge in [0.15, 0.2) is 5.65 Å². The van der Waals surface area contributed by atoms with Crippen LogP contribution >= 0.6 is 11.6 Å². The van der Waals surface area contributed by atoms with E-state index in [0.29, 0.717) is 29.5 Å². The van der Waals surface area contributed by atoms with Gasteiger partial charge in [-0.3, -0.25) is 4.90 Å². The van der Waals surface area contributed by atoms with Crippen molar-refractivity contribution in [1.82, 2.24) is 24.3 Å². The molecular formula is C22H27ClN6O2. The van der Waals surface area contributed by atoms with E-state index in [2.05, 4.69) is 26.7 Å². The van der Waals surface area contributed by atoms with Crippen LogP contribution in [0.1, 0.15) is 12.7 Å². The van der Waals surface area contributed by atoms with E-state index in [-0.39, 0.29) is 6.03 Å². The van der Waals surface area contributed by atoms with Crippen molar-refractivity contribution in [3.8, 4) is 5.75 Å². The summed E-state index contributed by atoms with van der Waals surface area (Å²) in [6, 6.07) is 8.96. The van der Waals surface area contributed by atoms with Crippen LogP contribution in [0.25, 0.3) is 11.2 Å². The number of hydrogen-bond donors (Lipinski definition) is 1. The van der Waals surface area contributed by atoms with Gasteiger partial charge in [0.1, 0.15) is 17.1 Å². The fourth-order valence-corrected chi connectivity index (χ4v) is 4.07. The van der Waals surface area contributed by atoms with Crippen molar-refractivity contribution >= 4 is 34.5 Å². The van der Waals surface area contributed by atoms with Gasteiger partial charge < -0.3 is 19.5 Å². The molecule has 1 aromatic carbocycles. The Hall–Kier alpha value is -2.84. The van der Waals surface area contributed by atoms with E-state index in [1.807, 2.05) is 23.2 Å². The summed E-state index contributed by atoms with van der Waals surface area (Å²) in [4.78, 5) is 26.1. The first kappa shape index (κ1) is 21.4. The Kier molecular flexibility index (Phi) is 6.58. The lowest BCUT2D eigenvalue weighted by atomic mass is 10.3. The maximum absolute atomic E-state index is 12.7. The second-order valence-electron chi connectivity index (χ2n) is 7.48. The number of methoxy groups -OCH3 is 1. The molecule has 3 aromatic rings. The number of ether oxygens (including phenoxy) is 1. The van der Waals surface area contributed by atoms with Crippen LogP contribution in [0.3, 0.4) is 0 Å². The molecule has 9 heteroatoms. The number of carbonyl (C=O) groups is 1. The van der Waals surface area contributed by atoms with Gasteiger partial charge in [0, 0.05) is 56.9 Å². The quantitative estimate of drug-likeness (QED) is 0.632. The third-order valence-corrected chi connectivity index (χ3v) is 5.84. The maximum Gasteiger partial charge on any atom is 0.322 e. The number of urea groups is 1. The number of amides is 2. The molecular weight excluding hydrogens is 416 g/mol. The average Bonchev–Trinajstić information content (AvgIpc) is 3.16. The van der Waals surface area contributed by atoms with Crippen molar-refractivity contribution in [1.29, 1.82) is 0 Å². The van der Waals surface area contributed by atoms with Crippen LogP contribution in [0.2, 0.25) is 5.02 Å². The van der Waals surface area contributed by atoms with Gasteiger partial charge in [-0.1, -0.05) is 18.5 Å². The largest absolute Gasteiger partial charge is 0.495 e. The second kappa shape index (κ2) is 9.53. The molecule has 1 aliphatic rings. The number of rotatable bonds is 6. The molecule has 1 saturated heterocycles. The SMILES string of the molecule is CCc1nc2cccnc2n1CCN1CCN(C(=O)Nc2cc(Cl)ccc2OC)CC1. The van der Waals surface area contributed by atoms with Crippen molar-refractivity contribution in [2.24, 2.45) is 0 Å². The molecule has 31 heavy (non-hydrogen) atoms. The molecule has 8 nitrogen and oxygen atoms in total. The molecule has 1 fully saturated rings. The highest BCUT2D eigenvalue weighted by molar-refractivity contribution is 6.31. The minimum atomic E-state index is -0.140. The van der Waals surface area contributed by atoms with E-state index < -0.39 is 0 Å². The summed E-state index contributed by atoms with van der Waals surface area (Å²) in [6.07, 6.45) is 2.68. The molecule has 0 unspecified atom stereocenters. The summed E-state index contributed by atoms with van der Waals surface area (Å²) < 4.78 is 7.52. The van der Waals surface area contributed by atoms with Crippen molar-refractivity contribution in [2.75, 3.05) is 45.2 Å². The third-order valence-electron chi connectivity index (χ3n) is 5.60. The fraction of sp³-hybridized carbons (Fsp3) is 0.409. The van der Waals surface area contributed by atoms with Crippen LogP contribution in [-0.2, 0) is 13.0 Å². The highest BCUT2D eigenvalue weighted by atomic mass is 35.5. The minimum Gasteiger partial charge on any atom is -0.495 e. The van der Waals surface area contributed by atoms with Crippen molar-refractivity contribution in [3.63, 3.8) is 0 Å². The van der Waals surface area contributed by atoms with Gasteiger partial charge in [-0.25, -0.2) is 14.8 Å². The first-order valence-electron chi connectivity index (χ1n) is 10.5. The van der Waals surface area contributed by atoms with Crippen molar-refractivity contribution < 1.29 is 9.53 Å². The van der Waals surface area contributed by atoms with Crippen LogP contribution < -0.4 is 10.1 Å². The van der Waals surface area contributed by atoms with E-state index in [9.17, 15) is 4.79 Å². The zero-order chi connectivity index (χ0) is 21.8. The zero-order valence-corrected chi connectivity index (χ0v) is 18.6. The Labute approximate surface area is 186 Å². The van der Waals surface area contributed by atoms with E-state index in [1.54, 1.807) is 25.3 Å². The number of nitrogens with one attached hydrogen (secondary N) is 1. The van der Waals surface area contributed by atoms with Gasteiger partial charge in [0.25, 0.3) is 0 Å². The van der Waals surface area contributed by atoms with Crippen molar-refractivity contribution in [3.05, 3.63) is 47.4 Å². The number of anilines is 1. The fourth-order valence-electron chi connectivity index (χ4n) is 3.90. The molecule has 2 amide bonds. The molecule has 2 aromatic heterocycles. The van der Waals surface area contributed by atoms with Gasteiger partial charge in [-0.05, 0) is 30.3 Å². The monoisotopic (exact) mass is 442 g/mol.